The van der Waals surface area contributed by atoms with Crippen molar-refractivity contribution >= 4 is 51.8 Å². The number of fused-ring (bicyclic) bond motifs is 8. The number of carboxylic acids is 1. The third-order valence-corrected chi connectivity index (χ3v) is 5.64. The Balaban J connectivity index is 1.50. The van der Waals surface area contributed by atoms with Gasteiger partial charge >= 0.3 is 5.97 Å². The smallest absolute Gasteiger partial charge is 0.335 e. The van der Waals surface area contributed by atoms with Crippen molar-refractivity contribution in [2.75, 3.05) is 0 Å². The summed E-state index contributed by atoms with van der Waals surface area (Å²) in [6.45, 7) is 0. The van der Waals surface area contributed by atoms with E-state index in [-0.39, 0.29) is 5.56 Å². The summed E-state index contributed by atoms with van der Waals surface area (Å²) in [4.78, 5) is 27.3. The fourth-order valence-electron chi connectivity index (χ4n) is 3.95. The van der Waals surface area contributed by atoms with Crippen molar-refractivity contribution in [1.29, 1.82) is 0 Å². The Kier molecular flexibility index (Phi) is 4.86. The number of nitrogens with one attached hydrogen (secondary N) is 2. The predicted molar refractivity (Wildman–Crippen MR) is 138 cm³/mol. The van der Waals surface area contributed by atoms with Gasteiger partial charge in [0.25, 0.3) is 0 Å². The largest absolute Gasteiger partial charge is 0.478 e. The molecule has 6 rings (SSSR count). The molecule has 0 spiro atoms. The molecule has 3 N–H and O–H groups in total. The summed E-state index contributed by atoms with van der Waals surface area (Å²) in [5.41, 5.74) is 8.78. The van der Waals surface area contributed by atoms with Gasteiger partial charge in [0.15, 0.2) is 0 Å². The summed E-state index contributed by atoms with van der Waals surface area (Å²) < 4.78 is 0. The molecule has 1 aromatic carbocycles. The molecule has 0 fully saturated rings. The molecule has 8 bridgehead atoms. The second-order valence-corrected chi connectivity index (χ2v) is 8.22. The average molecular weight is 454 g/mol. The minimum absolute atomic E-state index is 0.232. The van der Waals surface area contributed by atoms with Crippen molar-refractivity contribution in [3.63, 3.8) is 0 Å². The van der Waals surface area contributed by atoms with Crippen LogP contribution in [0, 0.1) is 11.8 Å². The number of aromatic carboxylic acids is 1. The lowest BCUT2D eigenvalue weighted by atomic mass is 10.1. The number of rotatable bonds is 1. The third-order valence-electron chi connectivity index (χ3n) is 5.64. The molecule has 166 valence electrons. The molecule has 5 heterocycles. The molecule has 0 saturated heterocycles. The maximum Gasteiger partial charge on any atom is 0.335 e. The van der Waals surface area contributed by atoms with Crippen LogP contribution in [0.25, 0.3) is 45.9 Å². The van der Waals surface area contributed by atoms with Gasteiger partial charge in [0, 0.05) is 27.6 Å². The average Bonchev–Trinajstić information content (AvgIpc) is 3.63. The summed E-state index contributed by atoms with van der Waals surface area (Å²) in [6, 6.07) is 22.5. The van der Waals surface area contributed by atoms with E-state index < -0.39 is 5.97 Å². The highest BCUT2D eigenvalue weighted by Gasteiger charge is 2.09. The highest BCUT2D eigenvalue weighted by molar-refractivity contribution is 5.93. The number of aromatic nitrogens is 4. The van der Waals surface area contributed by atoms with Gasteiger partial charge in [0.05, 0.1) is 33.9 Å². The van der Waals surface area contributed by atoms with Crippen molar-refractivity contribution in [2.45, 2.75) is 0 Å². The van der Waals surface area contributed by atoms with Gasteiger partial charge in [-0.3, -0.25) is 0 Å². The lowest BCUT2D eigenvalue weighted by Crippen LogP contribution is -1.94. The van der Waals surface area contributed by atoms with Crippen LogP contribution in [0.15, 0.2) is 72.8 Å². The second kappa shape index (κ2) is 8.32. The number of H-pyrrole nitrogens is 2. The molecule has 3 aromatic heterocycles. The zero-order chi connectivity index (χ0) is 23.8. The van der Waals surface area contributed by atoms with Crippen LogP contribution in [0.3, 0.4) is 0 Å². The highest BCUT2D eigenvalue weighted by atomic mass is 16.4. The van der Waals surface area contributed by atoms with Gasteiger partial charge in [-0.1, -0.05) is 11.8 Å². The van der Waals surface area contributed by atoms with Gasteiger partial charge in [-0.2, -0.15) is 0 Å². The topological polar surface area (TPSA) is 94.7 Å². The summed E-state index contributed by atoms with van der Waals surface area (Å²) in [5.74, 6) is 5.37. The van der Waals surface area contributed by atoms with Gasteiger partial charge in [0.2, 0.25) is 0 Å². The van der Waals surface area contributed by atoms with Crippen LogP contribution in [0.2, 0.25) is 0 Å². The molecule has 6 heteroatoms. The number of nitrogens with zero attached hydrogens (tertiary/aromatic N) is 2. The molecule has 4 aromatic rings. The van der Waals surface area contributed by atoms with E-state index in [0.29, 0.717) is 0 Å². The van der Waals surface area contributed by atoms with E-state index in [1.807, 2.05) is 66.8 Å². The van der Waals surface area contributed by atoms with Gasteiger partial charge in [-0.15, -0.1) is 0 Å². The first-order valence-corrected chi connectivity index (χ1v) is 11.0. The predicted octanol–water partition coefficient (Wildman–Crippen LogP) is 5.78. The fourth-order valence-corrected chi connectivity index (χ4v) is 3.95. The van der Waals surface area contributed by atoms with E-state index >= 15 is 0 Å². The molecule has 2 aliphatic rings. The lowest BCUT2D eigenvalue weighted by Gasteiger charge is -1.94. The number of carbonyl (C=O) groups is 1. The van der Waals surface area contributed by atoms with Crippen LogP contribution in [0.5, 0.6) is 0 Å². The quantitative estimate of drug-likeness (QED) is 0.280. The number of hydrogen-bond donors (Lipinski definition) is 3. The summed E-state index contributed by atoms with van der Waals surface area (Å²) in [7, 11) is 0. The molecule has 0 saturated carbocycles. The molecule has 2 aliphatic heterocycles. The van der Waals surface area contributed by atoms with Crippen molar-refractivity contribution in [2.24, 2.45) is 0 Å². The normalized spacial score (nSPS) is 12.1. The van der Waals surface area contributed by atoms with E-state index in [1.54, 1.807) is 24.3 Å². The summed E-state index contributed by atoms with van der Waals surface area (Å²) in [6.07, 6.45) is 5.94. The highest BCUT2D eigenvalue weighted by Crippen LogP contribution is 2.22. The van der Waals surface area contributed by atoms with Crippen LogP contribution < -0.4 is 0 Å². The Morgan fingerprint density at radius 3 is 1.86 bits per heavy atom. The molecule has 35 heavy (non-hydrogen) atoms. The minimum atomic E-state index is -0.959. The van der Waals surface area contributed by atoms with Gasteiger partial charge in [-0.25, -0.2) is 14.8 Å². The fraction of sp³-hybridized carbons (Fsp3) is 0. The zero-order valence-corrected chi connectivity index (χ0v) is 18.4. The monoisotopic (exact) mass is 454 g/mol. The minimum Gasteiger partial charge on any atom is -0.478 e. The number of aromatic amines is 2. The summed E-state index contributed by atoms with van der Waals surface area (Å²) >= 11 is 0. The van der Waals surface area contributed by atoms with E-state index in [1.165, 1.54) is 0 Å². The maximum atomic E-state index is 11.1. The van der Waals surface area contributed by atoms with E-state index in [0.717, 1.165) is 56.0 Å². The lowest BCUT2D eigenvalue weighted by molar-refractivity contribution is 0.0697. The SMILES string of the molecule is O=C(O)c1ccc(C#CC2=Cc3cc4ccc(cc5nc(cc6ccc(cc2n3)[nH]6)C=C5)[nH]4)cc1. The van der Waals surface area contributed by atoms with Crippen LogP contribution in [-0.2, 0) is 0 Å². The zero-order valence-electron chi connectivity index (χ0n) is 18.4. The Bertz CT molecular complexity index is 1770. The third kappa shape index (κ3) is 4.39. The number of carboxylic acid groups (broad SMARTS) is 1. The van der Waals surface area contributed by atoms with Crippen molar-refractivity contribution < 1.29 is 9.90 Å². The molecular weight excluding hydrogens is 436 g/mol. The van der Waals surface area contributed by atoms with E-state index in [9.17, 15) is 4.79 Å². The number of benzene rings is 1. The van der Waals surface area contributed by atoms with Crippen molar-refractivity contribution in [1.82, 2.24) is 19.9 Å². The molecular formula is C29H18N4O2. The number of hydrogen-bond acceptors (Lipinski definition) is 3. The Hall–Kier alpha value is -5.15. The van der Waals surface area contributed by atoms with Crippen LogP contribution >= 0.6 is 0 Å². The first kappa shape index (κ1) is 20.5. The first-order valence-electron chi connectivity index (χ1n) is 11.0. The Morgan fingerprint density at radius 1 is 0.686 bits per heavy atom. The van der Waals surface area contributed by atoms with E-state index in [4.69, 9.17) is 10.1 Å². The standard InChI is InChI=1S/C29H18N4O2/c34-29(35)19-4-1-18(2-5-19)3-6-20-13-27-16-25-10-9-23(31-25)14-21-7-8-22(30-21)15-24-11-12-26(32-24)17-28(20)33-27/h1-2,4-5,7-17,31-32H,(H,34,35). The van der Waals surface area contributed by atoms with Gasteiger partial charge < -0.3 is 15.1 Å². The van der Waals surface area contributed by atoms with Crippen molar-refractivity contribution in [3.8, 4) is 11.8 Å². The van der Waals surface area contributed by atoms with Crippen LogP contribution in [0.4, 0.5) is 0 Å². The molecule has 0 unspecified atom stereocenters. The number of allylic oxidation sites excluding steroid dienone is 1. The molecule has 0 amide bonds. The molecule has 0 aliphatic carbocycles. The Labute approximate surface area is 200 Å². The van der Waals surface area contributed by atoms with Gasteiger partial charge in [0.1, 0.15) is 0 Å². The molecule has 0 atom stereocenters. The Morgan fingerprint density at radius 2 is 1.26 bits per heavy atom. The van der Waals surface area contributed by atoms with Crippen LogP contribution in [0.1, 0.15) is 38.7 Å². The van der Waals surface area contributed by atoms with Crippen molar-refractivity contribution in [3.05, 3.63) is 107 Å². The maximum absolute atomic E-state index is 11.1. The molecule has 0 radical (unpaired) electrons. The molecule has 6 nitrogen and oxygen atoms in total. The van der Waals surface area contributed by atoms with Crippen LogP contribution in [-0.4, -0.2) is 31.0 Å². The van der Waals surface area contributed by atoms with E-state index in [2.05, 4.69) is 26.8 Å². The summed E-state index contributed by atoms with van der Waals surface area (Å²) in [5, 5.41) is 9.10. The second-order valence-electron chi connectivity index (χ2n) is 8.22. The van der Waals surface area contributed by atoms with Gasteiger partial charge in [-0.05, 0) is 91.0 Å². The first-order chi connectivity index (χ1) is 17.1.